The molecule has 0 N–H and O–H groups in total. The van der Waals surface area contributed by atoms with E-state index in [1.807, 2.05) is 74.5 Å². The van der Waals surface area contributed by atoms with Crippen LogP contribution in [0.1, 0.15) is 32.4 Å². The van der Waals surface area contributed by atoms with Gasteiger partial charge in [-0.15, -0.1) is 0 Å². The van der Waals surface area contributed by atoms with Gasteiger partial charge in [0.15, 0.2) is 0 Å². The monoisotopic (exact) mass is 342 g/mol. The van der Waals surface area contributed by atoms with Crippen molar-refractivity contribution >= 4 is 12.8 Å². The van der Waals surface area contributed by atoms with E-state index in [0.29, 0.717) is 13.1 Å². The standard InChI is InChI=1S/C15H15NO.C5H11NO.CH4/c17-13-16(11-14-7-3-1-4-8-14)12-15-9-5-2-6-10-15;1-3-6(4-2)5-7;/h1-10,13H,11-12H2;5H,3-4H2,1-2H3;1H4. The zero-order valence-corrected chi connectivity index (χ0v) is 14.5. The van der Waals surface area contributed by atoms with Crippen LogP contribution in [0.5, 0.6) is 0 Å². The van der Waals surface area contributed by atoms with Crippen LogP contribution < -0.4 is 0 Å². The minimum Gasteiger partial charge on any atom is -0.346 e. The van der Waals surface area contributed by atoms with E-state index in [9.17, 15) is 9.59 Å². The number of benzene rings is 2. The lowest BCUT2D eigenvalue weighted by atomic mass is 10.2. The van der Waals surface area contributed by atoms with Gasteiger partial charge in [-0.25, -0.2) is 0 Å². The summed E-state index contributed by atoms with van der Waals surface area (Å²) in [6.45, 7) is 6.86. The third-order valence-electron chi connectivity index (χ3n) is 3.57. The van der Waals surface area contributed by atoms with Gasteiger partial charge in [0.25, 0.3) is 0 Å². The number of hydrogen-bond donors (Lipinski definition) is 0. The summed E-state index contributed by atoms with van der Waals surface area (Å²) in [5, 5.41) is 0. The van der Waals surface area contributed by atoms with E-state index in [4.69, 9.17) is 0 Å². The smallest absolute Gasteiger partial charge is 0.210 e. The van der Waals surface area contributed by atoms with E-state index < -0.39 is 0 Å². The molecule has 0 radical (unpaired) electrons. The lowest BCUT2D eigenvalue weighted by Crippen LogP contribution is -2.20. The maximum Gasteiger partial charge on any atom is 0.210 e. The highest BCUT2D eigenvalue weighted by atomic mass is 16.1. The van der Waals surface area contributed by atoms with E-state index in [2.05, 4.69) is 0 Å². The molecule has 0 unspecified atom stereocenters. The molecule has 25 heavy (non-hydrogen) atoms. The number of nitrogens with zero attached hydrogens (tertiary/aromatic N) is 2. The van der Waals surface area contributed by atoms with E-state index in [1.165, 1.54) is 0 Å². The Hall–Kier alpha value is -2.62. The first-order valence-electron chi connectivity index (χ1n) is 8.20. The number of carbonyl (C=O) groups is 2. The van der Waals surface area contributed by atoms with Crippen molar-refractivity contribution in [2.75, 3.05) is 13.1 Å². The molecule has 0 aliphatic carbocycles. The van der Waals surface area contributed by atoms with Gasteiger partial charge in [0.1, 0.15) is 0 Å². The van der Waals surface area contributed by atoms with Gasteiger partial charge in [0.2, 0.25) is 12.8 Å². The van der Waals surface area contributed by atoms with Crippen LogP contribution in [-0.2, 0) is 22.7 Å². The Morgan fingerprint density at radius 2 is 1.04 bits per heavy atom. The molecular formula is C21H30N2O2. The Morgan fingerprint density at radius 1 is 0.680 bits per heavy atom. The molecule has 0 aliphatic heterocycles. The highest BCUT2D eigenvalue weighted by Crippen LogP contribution is 2.07. The van der Waals surface area contributed by atoms with Crippen LogP contribution in [0.4, 0.5) is 0 Å². The zero-order chi connectivity index (χ0) is 17.6. The van der Waals surface area contributed by atoms with Crippen molar-refractivity contribution < 1.29 is 9.59 Å². The Morgan fingerprint density at radius 3 is 1.28 bits per heavy atom. The fraction of sp³-hybridized carbons (Fsp3) is 0.333. The number of hydrogen-bond acceptors (Lipinski definition) is 2. The lowest BCUT2D eigenvalue weighted by Gasteiger charge is -2.17. The topological polar surface area (TPSA) is 40.6 Å². The van der Waals surface area contributed by atoms with Gasteiger partial charge in [-0.1, -0.05) is 68.1 Å². The Balaban J connectivity index is 0.000000620. The van der Waals surface area contributed by atoms with Gasteiger partial charge >= 0.3 is 0 Å². The highest BCUT2D eigenvalue weighted by Gasteiger charge is 2.03. The van der Waals surface area contributed by atoms with Crippen molar-refractivity contribution in [1.29, 1.82) is 0 Å². The predicted octanol–water partition coefficient (Wildman–Crippen LogP) is 3.97. The van der Waals surface area contributed by atoms with E-state index >= 15 is 0 Å². The van der Waals surface area contributed by atoms with Gasteiger partial charge in [0.05, 0.1) is 0 Å². The molecule has 0 saturated heterocycles. The summed E-state index contributed by atoms with van der Waals surface area (Å²) in [5.74, 6) is 0. The maximum atomic E-state index is 11.0. The maximum absolute atomic E-state index is 11.0. The van der Waals surface area contributed by atoms with Crippen LogP contribution in [0.25, 0.3) is 0 Å². The first-order chi connectivity index (χ1) is 11.7. The molecule has 0 bridgehead atoms. The van der Waals surface area contributed by atoms with Crippen molar-refractivity contribution in [3.8, 4) is 0 Å². The second-order valence-corrected chi connectivity index (χ2v) is 5.31. The van der Waals surface area contributed by atoms with Gasteiger partial charge < -0.3 is 9.80 Å². The van der Waals surface area contributed by atoms with Crippen LogP contribution in [-0.4, -0.2) is 35.7 Å². The molecular weight excluding hydrogens is 312 g/mol. The first kappa shape index (κ1) is 22.4. The molecule has 0 saturated carbocycles. The number of rotatable bonds is 8. The lowest BCUT2D eigenvalue weighted by molar-refractivity contribution is -0.119. The molecule has 2 amide bonds. The second kappa shape index (κ2) is 13.8. The van der Waals surface area contributed by atoms with E-state index in [-0.39, 0.29) is 7.43 Å². The normalized spacial score (nSPS) is 9.04. The molecule has 0 aliphatic rings. The number of carbonyl (C=O) groups excluding carboxylic acids is 2. The van der Waals surface area contributed by atoms with Crippen LogP contribution in [0.3, 0.4) is 0 Å². The Labute approximate surface area is 152 Å². The van der Waals surface area contributed by atoms with Gasteiger partial charge in [-0.05, 0) is 25.0 Å². The Kier molecular flexibility index (Phi) is 12.3. The van der Waals surface area contributed by atoms with E-state index in [0.717, 1.165) is 37.0 Å². The summed E-state index contributed by atoms with van der Waals surface area (Å²) in [4.78, 5) is 24.4. The van der Waals surface area contributed by atoms with Crippen LogP contribution in [0.15, 0.2) is 60.7 Å². The molecule has 0 spiro atoms. The Bertz CT molecular complexity index is 527. The van der Waals surface area contributed by atoms with Crippen LogP contribution in [0, 0.1) is 0 Å². The first-order valence-corrected chi connectivity index (χ1v) is 8.20. The molecule has 0 heterocycles. The average molecular weight is 342 g/mol. The van der Waals surface area contributed by atoms with Gasteiger partial charge in [-0.2, -0.15) is 0 Å². The van der Waals surface area contributed by atoms with Crippen molar-refractivity contribution in [1.82, 2.24) is 9.80 Å². The summed E-state index contributed by atoms with van der Waals surface area (Å²) < 4.78 is 0. The molecule has 136 valence electrons. The predicted molar refractivity (Wildman–Crippen MR) is 104 cm³/mol. The third-order valence-corrected chi connectivity index (χ3v) is 3.57. The summed E-state index contributed by atoms with van der Waals surface area (Å²) in [6.07, 6.45) is 1.76. The molecule has 0 aromatic heterocycles. The fourth-order valence-electron chi connectivity index (χ4n) is 2.14. The SMILES string of the molecule is C.CCN(C=O)CC.O=CN(Cc1ccccc1)Cc1ccccc1. The summed E-state index contributed by atoms with van der Waals surface area (Å²) in [6, 6.07) is 20.0. The van der Waals surface area contributed by atoms with Crippen LogP contribution in [0.2, 0.25) is 0 Å². The molecule has 4 heteroatoms. The third kappa shape index (κ3) is 9.30. The van der Waals surface area contributed by atoms with Crippen LogP contribution >= 0.6 is 0 Å². The fourth-order valence-corrected chi connectivity index (χ4v) is 2.14. The average Bonchev–Trinajstić information content (AvgIpc) is 2.65. The second-order valence-electron chi connectivity index (χ2n) is 5.31. The highest BCUT2D eigenvalue weighted by molar-refractivity contribution is 5.47. The quantitative estimate of drug-likeness (QED) is 0.681. The number of amides is 2. The molecule has 4 nitrogen and oxygen atoms in total. The van der Waals surface area contributed by atoms with E-state index in [1.54, 1.807) is 9.80 Å². The molecule has 2 aromatic rings. The van der Waals surface area contributed by atoms with Crippen molar-refractivity contribution in [3.63, 3.8) is 0 Å². The minimum atomic E-state index is 0. The summed E-state index contributed by atoms with van der Waals surface area (Å²) in [7, 11) is 0. The molecule has 0 fully saturated rings. The molecule has 2 rings (SSSR count). The molecule has 0 atom stereocenters. The van der Waals surface area contributed by atoms with Crippen molar-refractivity contribution in [2.45, 2.75) is 34.4 Å². The zero-order valence-electron chi connectivity index (χ0n) is 14.5. The van der Waals surface area contributed by atoms with Gasteiger partial charge in [0, 0.05) is 26.2 Å². The van der Waals surface area contributed by atoms with Crippen molar-refractivity contribution in [2.24, 2.45) is 0 Å². The van der Waals surface area contributed by atoms with Gasteiger partial charge in [-0.3, -0.25) is 9.59 Å². The molecule has 2 aromatic carbocycles. The summed E-state index contributed by atoms with van der Waals surface area (Å²) in [5.41, 5.74) is 2.30. The largest absolute Gasteiger partial charge is 0.346 e. The summed E-state index contributed by atoms with van der Waals surface area (Å²) >= 11 is 0. The van der Waals surface area contributed by atoms with Crippen molar-refractivity contribution in [3.05, 3.63) is 71.8 Å². The minimum absolute atomic E-state index is 0.